The van der Waals surface area contributed by atoms with Gasteiger partial charge in [-0.15, -0.1) is 0 Å². The van der Waals surface area contributed by atoms with Crippen molar-refractivity contribution in [1.82, 2.24) is 0 Å². The molecule has 0 aromatic heterocycles. The largest absolute Gasteiger partial charge is 0.324 e. The first-order chi connectivity index (χ1) is 5.66. The molecule has 0 saturated carbocycles. The molecule has 0 radical (unpaired) electrons. The summed E-state index contributed by atoms with van der Waals surface area (Å²) in [4.78, 5) is 0. The van der Waals surface area contributed by atoms with E-state index in [0.29, 0.717) is 0 Å². The zero-order valence-electron chi connectivity index (χ0n) is 7.47. The first-order valence-corrected chi connectivity index (χ1v) is 4.57. The van der Waals surface area contributed by atoms with Gasteiger partial charge < -0.3 is 5.73 Å². The molecule has 0 unspecified atom stereocenters. The van der Waals surface area contributed by atoms with Crippen LogP contribution < -0.4 is 5.73 Å². The second-order valence-corrected chi connectivity index (χ2v) is 3.36. The van der Waals surface area contributed by atoms with E-state index in [1.165, 1.54) is 5.56 Å². The Kier molecular flexibility index (Phi) is 3.12. The standard InChI is InChI=1S/C10H14ClN/c1-3-8-9(7(2)12)5-4-6-10(8)11/h4-7H,3,12H2,1-2H3/t7-/m0/s1. The third-order valence-electron chi connectivity index (χ3n) is 2.00. The number of halogens is 1. The van der Waals surface area contributed by atoms with Crippen molar-refractivity contribution in [2.75, 3.05) is 0 Å². The zero-order valence-corrected chi connectivity index (χ0v) is 8.23. The van der Waals surface area contributed by atoms with E-state index >= 15 is 0 Å². The molecule has 0 aliphatic rings. The van der Waals surface area contributed by atoms with E-state index in [4.69, 9.17) is 17.3 Å². The Morgan fingerprint density at radius 3 is 2.58 bits per heavy atom. The van der Waals surface area contributed by atoms with Crippen molar-refractivity contribution in [1.29, 1.82) is 0 Å². The Labute approximate surface area is 78.5 Å². The minimum absolute atomic E-state index is 0.0682. The molecular formula is C10H14ClN. The fraction of sp³-hybridized carbons (Fsp3) is 0.400. The normalized spacial score (nSPS) is 13.0. The van der Waals surface area contributed by atoms with Crippen molar-refractivity contribution >= 4 is 11.6 Å². The fourth-order valence-electron chi connectivity index (χ4n) is 1.37. The van der Waals surface area contributed by atoms with Gasteiger partial charge in [0.05, 0.1) is 0 Å². The molecule has 1 aromatic rings. The van der Waals surface area contributed by atoms with Crippen molar-refractivity contribution < 1.29 is 0 Å². The molecule has 2 heteroatoms. The lowest BCUT2D eigenvalue weighted by atomic mass is 10.0. The van der Waals surface area contributed by atoms with Gasteiger partial charge in [0.2, 0.25) is 0 Å². The van der Waals surface area contributed by atoms with Gasteiger partial charge in [-0.3, -0.25) is 0 Å². The lowest BCUT2D eigenvalue weighted by Crippen LogP contribution is -2.08. The summed E-state index contributed by atoms with van der Waals surface area (Å²) < 4.78 is 0. The minimum Gasteiger partial charge on any atom is -0.324 e. The van der Waals surface area contributed by atoms with Crippen molar-refractivity contribution in [3.63, 3.8) is 0 Å². The zero-order chi connectivity index (χ0) is 9.14. The average Bonchev–Trinajstić information content (AvgIpc) is 2.03. The fourth-order valence-corrected chi connectivity index (χ4v) is 1.69. The Morgan fingerprint density at radius 2 is 2.17 bits per heavy atom. The molecule has 0 saturated heterocycles. The Hall–Kier alpha value is -0.530. The van der Waals surface area contributed by atoms with Crippen molar-refractivity contribution in [2.24, 2.45) is 5.73 Å². The van der Waals surface area contributed by atoms with Crippen LogP contribution in [0.1, 0.15) is 31.0 Å². The summed E-state index contributed by atoms with van der Waals surface area (Å²) in [5.41, 5.74) is 8.13. The first kappa shape index (κ1) is 9.56. The molecule has 66 valence electrons. The Morgan fingerprint density at radius 1 is 1.50 bits per heavy atom. The topological polar surface area (TPSA) is 26.0 Å². The Balaban J connectivity index is 3.18. The predicted octanol–water partition coefficient (Wildman–Crippen LogP) is 2.92. The van der Waals surface area contributed by atoms with Gasteiger partial charge in [-0.05, 0) is 30.5 Å². The minimum atomic E-state index is 0.0682. The van der Waals surface area contributed by atoms with Gasteiger partial charge in [0, 0.05) is 11.1 Å². The van der Waals surface area contributed by atoms with E-state index in [1.54, 1.807) is 0 Å². The van der Waals surface area contributed by atoms with Crippen LogP contribution in [0.5, 0.6) is 0 Å². The van der Waals surface area contributed by atoms with Crippen LogP contribution in [0, 0.1) is 0 Å². The van der Waals surface area contributed by atoms with Gasteiger partial charge in [0.1, 0.15) is 0 Å². The number of benzene rings is 1. The molecule has 0 amide bonds. The van der Waals surface area contributed by atoms with Crippen LogP contribution in [-0.2, 0) is 6.42 Å². The van der Waals surface area contributed by atoms with Crippen molar-refractivity contribution in [3.8, 4) is 0 Å². The Bertz CT molecular complexity index is 269. The molecule has 0 fully saturated rings. The second-order valence-electron chi connectivity index (χ2n) is 2.95. The van der Waals surface area contributed by atoms with Gasteiger partial charge in [-0.2, -0.15) is 0 Å². The lowest BCUT2D eigenvalue weighted by molar-refractivity contribution is 0.801. The van der Waals surface area contributed by atoms with Gasteiger partial charge in [0.15, 0.2) is 0 Å². The highest BCUT2D eigenvalue weighted by Crippen LogP contribution is 2.24. The molecule has 0 aliphatic carbocycles. The monoisotopic (exact) mass is 183 g/mol. The summed E-state index contributed by atoms with van der Waals surface area (Å²) >= 11 is 6.02. The lowest BCUT2D eigenvalue weighted by Gasteiger charge is -2.12. The van der Waals surface area contributed by atoms with Crippen LogP contribution in [0.4, 0.5) is 0 Å². The summed E-state index contributed by atoms with van der Waals surface area (Å²) in [5.74, 6) is 0. The molecule has 0 aliphatic heterocycles. The predicted molar refractivity (Wildman–Crippen MR) is 53.4 cm³/mol. The third-order valence-corrected chi connectivity index (χ3v) is 2.35. The highest BCUT2D eigenvalue weighted by Gasteiger charge is 2.07. The SMILES string of the molecule is CCc1c(Cl)cccc1[C@H](C)N. The molecule has 12 heavy (non-hydrogen) atoms. The number of hydrogen-bond donors (Lipinski definition) is 1. The molecule has 1 aromatic carbocycles. The highest BCUT2D eigenvalue weighted by molar-refractivity contribution is 6.31. The quantitative estimate of drug-likeness (QED) is 0.750. The summed E-state index contributed by atoms with van der Waals surface area (Å²) in [5, 5.41) is 0.826. The van der Waals surface area contributed by atoms with E-state index in [-0.39, 0.29) is 6.04 Å². The summed E-state index contributed by atoms with van der Waals surface area (Å²) in [6.07, 6.45) is 0.941. The van der Waals surface area contributed by atoms with Gasteiger partial charge in [-0.25, -0.2) is 0 Å². The molecule has 2 N–H and O–H groups in total. The maximum absolute atomic E-state index is 6.02. The molecule has 1 rings (SSSR count). The van der Waals surface area contributed by atoms with Gasteiger partial charge >= 0.3 is 0 Å². The first-order valence-electron chi connectivity index (χ1n) is 4.19. The highest BCUT2D eigenvalue weighted by atomic mass is 35.5. The average molecular weight is 184 g/mol. The summed E-state index contributed by atoms with van der Waals surface area (Å²) in [7, 11) is 0. The van der Waals surface area contributed by atoms with E-state index in [9.17, 15) is 0 Å². The van der Waals surface area contributed by atoms with E-state index in [0.717, 1.165) is 17.0 Å². The van der Waals surface area contributed by atoms with Gasteiger partial charge in [0.25, 0.3) is 0 Å². The summed E-state index contributed by atoms with van der Waals surface area (Å²) in [6, 6.07) is 5.96. The smallest absolute Gasteiger partial charge is 0.0441 e. The molecule has 0 bridgehead atoms. The molecular weight excluding hydrogens is 170 g/mol. The van der Waals surface area contributed by atoms with Crippen LogP contribution in [0.3, 0.4) is 0 Å². The van der Waals surface area contributed by atoms with Crippen molar-refractivity contribution in [3.05, 3.63) is 34.3 Å². The van der Waals surface area contributed by atoms with E-state index in [1.807, 2.05) is 25.1 Å². The number of nitrogens with two attached hydrogens (primary N) is 1. The second kappa shape index (κ2) is 3.92. The molecule has 1 nitrogen and oxygen atoms in total. The van der Waals surface area contributed by atoms with E-state index < -0.39 is 0 Å². The molecule has 0 heterocycles. The number of rotatable bonds is 2. The maximum Gasteiger partial charge on any atom is 0.0441 e. The van der Waals surface area contributed by atoms with Crippen LogP contribution in [0.2, 0.25) is 5.02 Å². The van der Waals surface area contributed by atoms with Crippen molar-refractivity contribution in [2.45, 2.75) is 26.3 Å². The molecule has 1 atom stereocenters. The number of hydrogen-bond acceptors (Lipinski definition) is 1. The van der Waals surface area contributed by atoms with Crippen LogP contribution in [0.25, 0.3) is 0 Å². The van der Waals surface area contributed by atoms with Crippen LogP contribution >= 0.6 is 11.6 Å². The summed E-state index contributed by atoms with van der Waals surface area (Å²) in [6.45, 7) is 4.07. The third kappa shape index (κ3) is 1.79. The van der Waals surface area contributed by atoms with Gasteiger partial charge in [-0.1, -0.05) is 30.7 Å². The van der Waals surface area contributed by atoms with E-state index in [2.05, 4.69) is 6.92 Å². The maximum atomic E-state index is 6.02. The molecule has 0 spiro atoms. The van der Waals surface area contributed by atoms with Crippen LogP contribution in [0.15, 0.2) is 18.2 Å². The van der Waals surface area contributed by atoms with Crippen LogP contribution in [-0.4, -0.2) is 0 Å².